The predicted octanol–water partition coefficient (Wildman–Crippen LogP) is 7.09. The van der Waals surface area contributed by atoms with E-state index in [0.29, 0.717) is 48.8 Å². The molecule has 320 valence electrons. The summed E-state index contributed by atoms with van der Waals surface area (Å²) in [7, 11) is 0. The quantitative estimate of drug-likeness (QED) is 0.0624. The molecule has 0 aliphatic carbocycles. The number of β-amino-alcohol motifs (C(OH)–C–C–N with tert-alkyl or cyclic N) is 1. The molecule has 1 aliphatic rings. The molecule has 4 aromatic heterocycles. The fraction of sp³-hybridized carbons (Fsp3) is 0.319. The summed E-state index contributed by atoms with van der Waals surface area (Å²) in [5.41, 5.74) is 10.0. The molecule has 7 aromatic rings. The van der Waals surface area contributed by atoms with Crippen molar-refractivity contribution in [3.05, 3.63) is 130 Å². The molecular formula is C47H50N8O6S. The topological polar surface area (TPSA) is 192 Å². The van der Waals surface area contributed by atoms with Gasteiger partial charge >= 0.3 is 0 Å². The minimum atomic E-state index is -0.831. The highest BCUT2D eigenvalue weighted by molar-refractivity contribution is 7.13. The van der Waals surface area contributed by atoms with Crippen LogP contribution in [0.1, 0.15) is 73.0 Å². The number of fused-ring (bicyclic) bond motifs is 1. The second kappa shape index (κ2) is 18.7. The molecule has 0 spiro atoms. The van der Waals surface area contributed by atoms with Crippen molar-refractivity contribution in [3.8, 4) is 33.3 Å². The molecule has 1 saturated heterocycles. The number of nitrogens with one attached hydrogen (secondary N) is 3. The number of aliphatic hydroxyl groups excluding tert-OH is 1. The number of aliphatic hydroxyl groups is 1. The summed E-state index contributed by atoms with van der Waals surface area (Å²) in [5, 5.41) is 41.0. The van der Waals surface area contributed by atoms with E-state index in [1.165, 1.54) is 4.90 Å². The molecule has 3 aromatic carbocycles. The highest BCUT2D eigenvalue weighted by atomic mass is 32.1. The molecule has 0 radical (unpaired) electrons. The van der Waals surface area contributed by atoms with Gasteiger partial charge in [0.1, 0.15) is 24.3 Å². The molecule has 14 nitrogen and oxygen atoms in total. The van der Waals surface area contributed by atoms with E-state index in [-0.39, 0.29) is 48.4 Å². The summed E-state index contributed by atoms with van der Waals surface area (Å²) < 4.78 is 11.5. The molecule has 1 fully saturated rings. The number of aromatic hydroxyl groups is 1. The zero-order valence-electron chi connectivity index (χ0n) is 35.0. The van der Waals surface area contributed by atoms with Crippen molar-refractivity contribution >= 4 is 34.2 Å². The van der Waals surface area contributed by atoms with Gasteiger partial charge in [-0.05, 0) is 71.4 Å². The van der Waals surface area contributed by atoms with Gasteiger partial charge in [0.2, 0.25) is 11.8 Å². The first-order valence-corrected chi connectivity index (χ1v) is 21.7. The molecule has 15 heteroatoms. The lowest BCUT2D eigenvalue weighted by Gasteiger charge is -2.29. The van der Waals surface area contributed by atoms with Crippen LogP contribution in [0.25, 0.3) is 32.7 Å². The number of aromatic amines is 1. The number of aromatic nitrogens is 5. The van der Waals surface area contributed by atoms with Gasteiger partial charge in [-0.1, -0.05) is 74.5 Å². The number of aryl methyl sites for hydroxylation is 1. The molecule has 0 saturated carbocycles. The smallest absolute Gasteiger partial charge is 0.254 e. The number of H-pyrrole nitrogens is 1. The van der Waals surface area contributed by atoms with Crippen molar-refractivity contribution in [2.24, 2.45) is 5.92 Å². The number of carbonyl (C=O) groups is 2. The number of phenolic OH excluding ortho intramolecular Hbond substituents is 1. The van der Waals surface area contributed by atoms with Gasteiger partial charge in [-0.2, -0.15) is 0 Å². The number of likely N-dealkylation sites (tertiary alicyclic amines) is 1. The minimum absolute atomic E-state index is 0.0482. The monoisotopic (exact) mass is 854 g/mol. The lowest BCUT2D eigenvalue weighted by Crippen LogP contribution is -2.48. The first-order valence-electron chi connectivity index (χ1n) is 20.8. The Morgan fingerprint density at radius 3 is 2.52 bits per heavy atom. The molecule has 0 unspecified atom stereocenters. The summed E-state index contributed by atoms with van der Waals surface area (Å²) in [6.07, 6.45) is 0.0198. The zero-order chi connectivity index (χ0) is 43.3. The Labute approximate surface area is 363 Å². The van der Waals surface area contributed by atoms with Crippen LogP contribution in [0.2, 0.25) is 0 Å². The highest BCUT2D eigenvalue weighted by Crippen LogP contribution is 2.34. The van der Waals surface area contributed by atoms with Crippen molar-refractivity contribution in [2.45, 2.75) is 71.2 Å². The number of carbonyl (C=O) groups excluding carboxylic acids is 2. The fourth-order valence-electron chi connectivity index (χ4n) is 7.96. The Bertz CT molecular complexity index is 2640. The average Bonchev–Trinajstić information content (AvgIpc) is 4.08. The average molecular weight is 855 g/mol. The van der Waals surface area contributed by atoms with Crippen molar-refractivity contribution < 1.29 is 29.1 Å². The second-order valence-electron chi connectivity index (χ2n) is 16.2. The van der Waals surface area contributed by atoms with Crippen LogP contribution < -0.4 is 15.4 Å². The number of amides is 2. The van der Waals surface area contributed by atoms with E-state index in [1.807, 2.05) is 75.7 Å². The van der Waals surface area contributed by atoms with Crippen LogP contribution in [0, 0.1) is 12.8 Å². The summed E-state index contributed by atoms with van der Waals surface area (Å²) in [6, 6.07) is 28.0. The summed E-state index contributed by atoms with van der Waals surface area (Å²) in [4.78, 5) is 38.0. The molecule has 2 amide bonds. The molecule has 8 rings (SSSR count). The van der Waals surface area contributed by atoms with Crippen LogP contribution in [0.5, 0.6) is 11.6 Å². The number of hydrogen-bond donors (Lipinski definition) is 5. The van der Waals surface area contributed by atoms with E-state index in [9.17, 15) is 19.8 Å². The fourth-order valence-corrected chi connectivity index (χ4v) is 8.77. The van der Waals surface area contributed by atoms with Gasteiger partial charge < -0.3 is 40.0 Å². The van der Waals surface area contributed by atoms with Crippen LogP contribution in [-0.2, 0) is 22.6 Å². The van der Waals surface area contributed by atoms with Crippen LogP contribution in [0.4, 0.5) is 0 Å². The molecule has 1 aliphatic heterocycles. The lowest BCUT2D eigenvalue weighted by atomic mass is 9.91. The third-order valence-corrected chi connectivity index (χ3v) is 12.3. The van der Waals surface area contributed by atoms with E-state index >= 15 is 0 Å². The largest absolute Gasteiger partial charge is 0.507 e. The number of ether oxygens (including phenoxy) is 1. The van der Waals surface area contributed by atoms with Crippen LogP contribution in [-0.4, -0.2) is 84.1 Å². The van der Waals surface area contributed by atoms with Gasteiger partial charge in [0.25, 0.3) is 5.88 Å². The Hall–Kier alpha value is -6.42. The predicted molar refractivity (Wildman–Crippen MR) is 236 cm³/mol. The SMILES string of the molecule is Cc1ncsc1-c1ccc([C@H](C)NC(=O)[C@@H]2C[C@@H](O)CN2C(=O)[C@@H](c2cc(OCCNCc3ccc(Cc4cc5cc(-c6ccccc6O)nnc5[nH]4)cc3)no2)C(C)C)cc1. The van der Waals surface area contributed by atoms with Gasteiger partial charge in [-0.15, -0.1) is 21.5 Å². The zero-order valence-corrected chi connectivity index (χ0v) is 35.9. The Morgan fingerprint density at radius 1 is 1.00 bits per heavy atom. The first-order chi connectivity index (χ1) is 30.0. The van der Waals surface area contributed by atoms with Gasteiger partial charge in [-0.25, -0.2) is 4.98 Å². The van der Waals surface area contributed by atoms with E-state index in [0.717, 1.165) is 43.9 Å². The van der Waals surface area contributed by atoms with E-state index < -0.39 is 18.1 Å². The number of phenols is 1. The van der Waals surface area contributed by atoms with Gasteiger partial charge in [0.15, 0.2) is 11.4 Å². The number of benzene rings is 3. The normalized spacial score (nSPS) is 16.2. The summed E-state index contributed by atoms with van der Waals surface area (Å²) in [6.45, 7) is 9.27. The molecule has 4 atom stereocenters. The van der Waals surface area contributed by atoms with Crippen molar-refractivity contribution in [3.63, 3.8) is 0 Å². The maximum absolute atomic E-state index is 14.1. The standard InChI is InChI=1S/C47H50N8O6S/c1-27(2)43(47(59)55-25-36(56)22-39(55)46(58)50-28(3)32-13-15-33(16-14-32)44-29(4)49-26-62-44)41-23-42(54-61-41)60-18-17-48-24-31-11-9-30(10-12-31)19-35-20-34-21-38(52-53-45(34)51-35)37-7-5-6-8-40(37)57/h5-16,20-21,23,26-28,36,39,43,48,56-57H,17-19,22,24-25H2,1-4H3,(H,50,58)(H,51,53)/t28-,36+,39-,43+/m0/s1. The van der Waals surface area contributed by atoms with Crippen LogP contribution in [0.15, 0.2) is 101 Å². The Kier molecular flexibility index (Phi) is 12.7. The van der Waals surface area contributed by atoms with Crippen molar-refractivity contribution in [2.75, 3.05) is 19.7 Å². The number of rotatable bonds is 16. The van der Waals surface area contributed by atoms with Crippen LogP contribution in [0.3, 0.4) is 0 Å². The second-order valence-corrected chi connectivity index (χ2v) is 17.0. The molecular weight excluding hydrogens is 805 g/mol. The first kappa shape index (κ1) is 42.3. The summed E-state index contributed by atoms with van der Waals surface area (Å²) >= 11 is 1.59. The van der Waals surface area contributed by atoms with E-state index in [2.05, 4.69) is 66.3 Å². The minimum Gasteiger partial charge on any atom is -0.507 e. The maximum Gasteiger partial charge on any atom is 0.254 e. The summed E-state index contributed by atoms with van der Waals surface area (Å²) in [5.74, 6) is -0.759. The van der Waals surface area contributed by atoms with Crippen LogP contribution >= 0.6 is 11.3 Å². The Balaban J connectivity index is 0.803. The molecule has 5 N–H and O–H groups in total. The number of nitrogens with zero attached hydrogens (tertiary/aromatic N) is 5. The molecule has 5 heterocycles. The number of thiazole rings is 1. The van der Waals surface area contributed by atoms with Crippen molar-refractivity contribution in [1.82, 2.24) is 40.9 Å². The third-order valence-electron chi connectivity index (χ3n) is 11.3. The maximum atomic E-state index is 14.1. The molecule has 0 bridgehead atoms. The van der Waals surface area contributed by atoms with Crippen molar-refractivity contribution in [1.29, 1.82) is 0 Å². The number of hydrogen-bond acceptors (Lipinski definition) is 12. The van der Waals surface area contributed by atoms with Gasteiger partial charge in [0.05, 0.1) is 33.9 Å². The lowest BCUT2D eigenvalue weighted by molar-refractivity contribution is -0.141. The van der Waals surface area contributed by atoms with Gasteiger partial charge in [-0.3, -0.25) is 9.59 Å². The highest BCUT2D eigenvalue weighted by Gasteiger charge is 2.43. The molecule has 62 heavy (non-hydrogen) atoms. The van der Waals surface area contributed by atoms with E-state index in [1.54, 1.807) is 29.5 Å². The number of para-hydroxylation sites is 1. The van der Waals surface area contributed by atoms with E-state index in [4.69, 9.17) is 9.26 Å². The Morgan fingerprint density at radius 2 is 1.77 bits per heavy atom. The third kappa shape index (κ3) is 9.54. The van der Waals surface area contributed by atoms with Gasteiger partial charge in [0, 0.05) is 55.2 Å².